The summed E-state index contributed by atoms with van der Waals surface area (Å²) in [6, 6.07) is -0.0766. The van der Waals surface area contributed by atoms with Gasteiger partial charge in [0.2, 0.25) is 10.0 Å². The summed E-state index contributed by atoms with van der Waals surface area (Å²) in [6.45, 7) is 6.70. The van der Waals surface area contributed by atoms with E-state index in [-0.39, 0.29) is 6.04 Å². The first-order chi connectivity index (χ1) is 9.70. The van der Waals surface area contributed by atoms with Gasteiger partial charge in [-0.25, -0.2) is 8.42 Å². The number of nitrogens with zero attached hydrogens (tertiary/aromatic N) is 2. The molecule has 0 aliphatic carbocycles. The maximum atomic E-state index is 11.5. The molecular weight excluding hydrogens is 296 g/mol. The third-order valence-corrected chi connectivity index (χ3v) is 4.44. The van der Waals surface area contributed by atoms with Crippen LogP contribution in [0.3, 0.4) is 0 Å². The number of carbonyl (C=O) groups is 2. The third-order valence-electron chi connectivity index (χ3n) is 3.14. The number of amides is 2. The minimum atomic E-state index is -3.12. The SMILES string of the molecule is CC(C)NC(=O)C(=O)NCCN1CCN(S(C)(=O)=O)CC1. The van der Waals surface area contributed by atoms with Crippen molar-refractivity contribution in [2.75, 3.05) is 45.5 Å². The molecular formula is C12H24N4O4S. The topological polar surface area (TPSA) is 98.8 Å². The van der Waals surface area contributed by atoms with Crippen molar-refractivity contribution < 1.29 is 18.0 Å². The van der Waals surface area contributed by atoms with E-state index in [0.29, 0.717) is 39.3 Å². The van der Waals surface area contributed by atoms with Crippen molar-refractivity contribution in [3.05, 3.63) is 0 Å². The van der Waals surface area contributed by atoms with Gasteiger partial charge in [-0.2, -0.15) is 4.31 Å². The Morgan fingerprint density at radius 3 is 2.14 bits per heavy atom. The average molecular weight is 320 g/mol. The number of hydrogen-bond acceptors (Lipinski definition) is 5. The molecule has 9 heteroatoms. The Labute approximate surface area is 125 Å². The van der Waals surface area contributed by atoms with E-state index in [1.54, 1.807) is 13.8 Å². The van der Waals surface area contributed by atoms with Crippen molar-refractivity contribution in [3.8, 4) is 0 Å². The van der Waals surface area contributed by atoms with Crippen LogP contribution in [0.25, 0.3) is 0 Å². The maximum absolute atomic E-state index is 11.5. The number of carbonyl (C=O) groups excluding carboxylic acids is 2. The molecule has 1 fully saturated rings. The summed E-state index contributed by atoms with van der Waals surface area (Å²) in [5.41, 5.74) is 0. The Kier molecular flexibility index (Phi) is 6.56. The summed E-state index contributed by atoms with van der Waals surface area (Å²) in [5.74, 6) is -1.27. The highest BCUT2D eigenvalue weighted by Crippen LogP contribution is 2.04. The number of piperazine rings is 1. The Morgan fingerprint density at radius 2 is 1.67 bits per heavy atom. The average Bonchev–Trinajstić information content (AvgIpc) is 2.37. The number of hydrogen-bond donors (Lipinski definition) is 2. The molecule has 0 aromatic carbocycles. The molecule has 0 aromatic rings. The van der Waals surface area contributed by atoms with Gasteiger partial charge in [-0.3, -0.25) is 14.5 Å². The van der Waals surface area contributed by atoms with Gasteiger partial charge in [0.1, 0.15) is 0 Å². The first-order valence-corrected chi connectivity index (χ1v) is 8.81. The molecule has 1 saturated heterocycles. The molecule has 1 rings (SSSR count). The lowest BCUT2D eigenvalue weighted by Crippen LogP contribution is -2.50. The summed E-state index contributed by atoms with van der Waals surface area (Å²) in [4.78, 5) is 24.9. The van der Waals surface area contributed by atoms with Crippen LogP contribution in [0.5, 0.6) is 0 Å². The summed E-state index contributed by atoms with van der Waals surface area (Å²) >= 11 is 0. The predicted octanol–water partition coefficient (Wildman–Crippen LogP) is -1.80. The molecule has 2 amide bonds. The van der Waals surface area contributed by atoms with Crippen LogP contribution in [0.15, 0.2) is 0 Å². The zero-order chi connectivity index (χ0) is 16.0. The fraction of sp³-hybridized carbons (Fsp3) is 0.833. The zero-order valence-electron chi connectivity index (χ0n) is 12.8. The molecule has 0 radical (unpaired) electrons. The van der Waals surface area contributed by atoms with Crippen molar-refractivity contribution in [2.45, 2.75) is 19.9 Å². The summed E-state index contributed by atoms with van der Waals surface area (Å²) < 4.78 is 24.2. The highest BCUT2D eigenvalue weighted by atomic mass is 32.2. The number of nitrogens with one attached hydrogen (secondary N) is 2. The van der Waals surface area contributed by atoms with Gasteiger partial charge in [-0.15, -0.1) is 0 Å². The lowest BCUT2D eigenvalue weighted by molar-refractivity contribution is -0.139. The maximum Gasteiger partial charge on any atom is 0.309 e. The molecule has 8 nitrogen and oxygen atoms in total. The monoisotopic (exact) mass is 320 g/mol. The van der Waals surface area contributed by atoms with Gasteiger partial charge in [0.25, 0.3) is 0 Å². The van der Waals surface area contributed by atoms with Crippen molar-refractivity contribution in [3.63, 3.8) is 0 Å². The smallest absolute Gasteiger partial charge is 0.309 e. The first kappa shape index (κ1) is 17.9. The van der Waals surface area contributed by atoms with Gasteiger partial charge < -0.3 is 10.6 Å². The fourth-order valence-corrected chi connectivity index (χ4v) is 2.85. The highest BCUT2D eigenvalue weighted by molar-refractivity contribution is 7.88. The molecule has 0 saturated carbocycles. The van der Waals surface area contributed by atoms with Crippen LogP contribution in [0.4, 0.5) is 0 Å². The van der Waals surface area contributed by atoms with E-state index in [2.05, 4.69) is 15.5 Å². The molecule has 0 aromatic heterocycles. The second-order valence-electron chi connectivity index (χ2n) is 5.39. The molecule has 0 atom stereocenters. The molecule has 2 N–H and O–H groups in total. The van der Waals surface area contributed by atoms with E-state index >= 15 is 0 Å². The second-order valence-corrected chi connectivity index (χ2v) is 7.37. The fourth-order valence-electron chi connectivity index (χ4n) is 2.02. The normalized spacial score (nSPS) is 17.7. The quantitative estimate of drug-likeness (QED) is 0.583. The Bertz CT molecular complexity index is 470. The van der Waals surface area contributed by atoms with Crippen LogP contribution in [-0.2, 0) is 19.6 Å². The van der Waals surface area contributed by atoms with E-state index in [9.17, 15) is 18.0 Å². The van der Waals surface area contributed by atoms with Crippen LogP contribution in [0.1, 0.15) is 13.8 Å². The highest BCUT2D eigenvalue weighted by Gasteiger charge is 2.23. The van der Waals surface area contributed by atoms with Gasteiger partial charge in [0, 0.05) is 45.3 Å². The molecule has 1 aliphatic heterocycles. The van der Waals surface area contributed by atoms with Crippen molar-refractivity contribution >= 4 is 21.8 Å². The molecule has 0 bridgehead atoms. The molecule has 0 unspecified atom stereocenters. The van der Waals surface area contributed by atoms with Crippen LogP contribution < -0.4 is 10.6 Å². The van der Waals surface area contributed by atoms with E-state index in [1.807, 2.05) is 0 Å². The minimum Gasteiger partial charge on any atom is -0.347 e. The van der Waals surface area contributed by atoms with E-state index in [4.69, 9.17) is 0 Å². The van der Waals surface area contributed by atoms with E-state index in [0.717, 1.165) is 0 Å². The molecule has 21 heavy (non-hydrogen) atoms. The Hall–Kier alpha value is -1.19. The van der Waals surface area contributed by atoms with Crippen molar-refractivity contribution in [1.29, 1.82) is 0 Å². The zero-order valence-corrected chi connectivity index (χ0v) is 13.6. The van der Waals surface area contributed by atoms with Crippen LogP contribution in [0.2, 0.25) is 0 Å². The van der Waals surface area contributed by atoms with E-state index in [1.165, 1.54) is 10.6 Å². The second kappa shape index (κ2) is 7.71. The van der Waals surface area contributed by atoms with Crippen LogP contribution in [0, 0.1) is 0 Å². The summed E-state index contributed by atoms with van der Waals surface area (Å²) in [5, 5.41) is 5.07. The van der Waals surface area contributed by atoms with Gasteiger partial charge in [-0.05, 0) is 13.8 Å². The van der Waals surface area contributed by atoms with Gasteiger partial charge in [-0.1, -0.05) is 0 Å². The predicted molar refractivity (Wildman–Crippen MR) is 79.1 cm³/mol. The summed E-state index contributed by atoms with van der Waals surface area (Å²) in [7, 11) is -3.12. The number of sulfonamides is 1. The van der Waals surface area contributed by atoms with Gasteiger partial charge >= 0.3 is 11.8 Å². The first-order valence-electron chi connectivity index (χ1n) is 6.96. The lowest BCUT2D eigenvalue weighted by Gasteiger charge is -2.33. The Balaban J connectivity index is 2.23. The summed E-state index contributed by atoms with van der Waals surface area (Å²) in [6.07, 6.45) is 1.20. The lowest BCUT2D eigenvalue weighted by atomic mass is 10.3. The molecule has 122 valence electrons. The minimum absolute atomic E-state index is 0.0766. The molecule has 1 heterocycles. The van der Waals surface area contributed by atoms with E-state index < -0.39 is 21.8 Å². The largest absolute Gasteiger partial charge is 0.347 e. The van der Waals surface area contributed by atoms with Crippen molar-refractivity contribution in [2.24, 2.45) is 0 Å². The standard InChI is InChI=1S/C12H24N4O4S/c1-10(2)14-12(18)11(17)13-4-5-15-6-8-16(9-7-15)21(3,19)20/h10H,4-9H2,1-3H3,(H,13,17)(H,14,18). The number of rotatable bonds is 5. The Morgan fingerprint density at radius 1 is 1.10 bits per heavy atom. The van der Waals surface area contributed by atoms with Crippen LogP contribution >= 0.6 is 0 Å². The van der Waals surface area contributed by atoms with Crippen LogP contribution in [-0.4, -0.2) is 81.0 Å². The van der Waals surface area contributed by atoms with Gasteiger partial charge in [0.05, 0.1) is 6.26 Å². The molecule has 0 spiro atoms. The van der Waals surface area contributed by atoms with Crippen molar-refractivity contribution in [1.82, 2.24) is 19.8 Å². The third kappa shape index (κ3) is 6.40. The molecule has 1 aliphatic rings. The van der Waals surface area contributed by atoms with Gasteiger partial charge in [0.15, 0.2) is 0 Å².